The number of para-hydroxylation sites is 1. The number of benzene rings is 2. The lowest BCUT2D eigenvalue weighted by Gasteiger charge is -2.09. The van der Waals surface area contributed by atoms with Gasteiger partial charge in [-0.05, 0) is 29.8 Å². The quantitative estimate of drug-likeness (QED) is 0.541. The number of nitrogens with one attached hydrogen (secondary N) is 1. The number of anilines is 1. The molecule has 120 valence electrons. The molecule has 0 aliphatic heterocycles. The van der Waals surface area contributed by atoms with Crippen molar-refractivity contribution in [1.82, 2.24) is 10.2 Å². The van der Waals surface area contributed by atoms with Crippen LogP contribution < -0.4 is 10.2 Å². The second-order valence-corrected chi connectivity index (χ2v) is 5.31. The Balaban J connectivity index is 1.65. The maximum atomic E-state index is 5.88. The van der Waals surface area contributed by atoms with Crippen LogP contribution in [0, 0.1) is 0 Å². The van der Waals surface area contributed by atoms with Gasteiger partial charge in [-0.15, -0.1) is 10.2 Å². The highest BCUT2D eigenvalue weighted by Gasteiger charge is 2.01. The first-order valence-corrected chi connectivity index (χ1v) is 7.73. The molecule has 6 heteroatoms. The Labute approximate surface area is 145 Å². The smallest absolute Gasteiger partial charge is 0.168 e. The largest absolute Gasteiger partial charge is 0.488 e. The lowest BCUT2D eigenvalue weighted by molar-refractivity contribution is 0.306. The van der Waals surface area contributed by atoms with Crippen LogP contribution in [0.2, 0.25) is 5.15 Å². The summed E-state index contributed by atoms with van der Waals surface area (Å²) < 4.78 is 5.88. The zero-order valence-electron chi connectivity index (χ0n) is 12.8. The Bertz CT molecular complexity index is 807. The number of hydrogen-bond donors (Lipinski definition) is 1. The topological polar surface area (TPSA) is 59.4 Å². The molecule has 0 atom stereocenters. The summed E-state index contributed by atoms with van der Waals surface area (Å²) >= 11 is 5.69. The van der Waals surface area contributed by atoms with E-state index in [1.807, 2.05) is 54.6 Å². The molecular formula is C18H15ClN4O. The number of rotatable bonds is 6. The highest BCUT2D eigenvalue weighted by Crippen LogP contribution is 2.17. The van der Waals surface area contributed by atoms with Crippen molar-refractivity contribution in [1.29, 1.82) is 0 Å². The molecule has 5 nitrogen and oxygen atoms in total. The third kappa shape index (κ3) is 4.54. The summed E-state index contributed by atoms with van der Waals surface area (Å²) in [5.74, 6) is 1.27. The van der Waals surface area contributed by atoms with Gasteiger partial charge in [0.05, 0.1) is 6.21 Å². The van der Waals surface area contributed by atoms with E-state index in [-0.39, 0.29) is 0 Å². The van der Waals surface area contributed by atoms with E-state index in [2.05, 4.69) is 20.7 Å². The molecule has 1 N–H and O–H groups in total. The van der Waals surface area contributed by atoms with E-state index >= 15 is 0 Å². The zero-order valence-corrected chi connectivity index (χ0v) is 13.5. The van der Waals surface area contributed by atoms with Gasteiger partial charge in [-0.2, -0.15) is 5.10 Å². The molecule has 1 heterocycles. The van der Waals surface area contributed by atoms with Crippen LogP contribution in [0.15, 0.2) is 71.8 Å². The van der Waals surface area contributed by atoms with Crippen LogP contribution in [-0.4, -0.2) is 16.4 Å². The molecule has 0 aliphatic rings. The van der Waals surface area contributed by atoms with Crippen molar-refractivity contribution in [2.45, 2.75) is 6.61 Å². The number of aromatic nitrogens is 2. The van der Waals surface area contributed by atoms with Gasteiger partial charge in [-0.25, -0.2) is 0 Å². The second-order valence-electron chi connectivity index (χ2n) is 4.92. The second kappa shape index (κ2) is 8.08. The first kappa shape index (κ1) is 16.0. The lowest BCUT2D eigenvalue weighted by Crippen LogP contribution is -1.99. The normalized spacial score (nSPS) is 10.7. The van der Waals surface area contributed by atoms with Crippen LogP contribution in [0.5, 0.6) is 5.75 Å². The van der Waals surface area contributed by atoms with Crippen LogP contribution in [0.1, 0.15) is 11.1 Å². The van der Waals surface area contributed by atoms with Crippen LogP contribution in [-0.2, 0) is 6.61 Å². The van der Waals surface area contributed by atoms with Crippen molar-refractivity contribution < 1.29 is 4.74 Å². The molecule has 0 bridgehead atoms. The molecule has 0 radical (unpaired) electrons. The molecule has 0 fully saturated rings. The fourth-order valence-electron chi connectivity index (χ4n) is 2.00. The van der Waals surface area contributed by atoms with Crippen LogP contribution in [0.25, 0.3) is 0 Å². The molecule has 2 aromatic carbocycles. The summed E-state index contributed by atoms with van der Waals surface area (Å²) in [4.78, 5) is 0. The van der Waals surface area contributed by atoms with Gasteiger partial charge in [0, 0.05) is 5.56 Å². The van der Waals surface area contributed by atoms with Crippen molar-refractivity contribution in [3.05, 3.63) is 83.0 Å². The van der Waals surface area contributed by atoms with E-state index in [4.69, 9.17) is 16.3 Å². The Kier molecular flexibility index (Phi) is 5.37. The number of hydrazone groups is 1. The average molecular weight is 339 g/mol. The van der Waals surface area contributed by atoms with Crippen molar-refractivity contribution in [2.75, 3.05) is 5.43 Å². The van der Waals surface area contributed by atoms with Gasteiger partial charge < -0.3 is 4.74 Å². The fraction of sp³-hybridized carbons (Fsp3) is 0.0556. The SMILES string of the molecule is Clc1ccc(N/N=C\c2ccccc2OCc2ccccc2)nn1. The minimum Gasteiger partial charge on any atom is -0.488 e. The van der Waals surface area contributed by atoms with Crippen molar-refractivity contribution in [2.24, 2.45) is 5.10 Å². The fourth-order valence-corrected chi connectivity index (χ4v) is 2.10. The predicted molar refractivity (Wildman–Crippen MR) is 95.5 cm³/mol. The van der Waals surface area contributed by atoms with E-state index in [1.165, 1.54) is 0 Å². The van der Waals surface area contributed by atoms with E-state index in [0.717, 1.165) is 16.9 Å². The van der Waals surface area contributed by atoms with Gasteiger partial charge in [-0.1, -0.05) is 54.1 Å². The molecule has 3 rings (SSSR count). The Hall–Kier alpha value is -2.92. The molecule has 0 saturated heterocycles. The summed E-state index contributed by atoms with van der Waals surface area (Å²) in [7, 11) is 0. The van der Waals surface area contributed by atoms with Crippen molar-refractivity contribution in [3.8, 4) is 5.75 Å². The van der Waals surface area contributed by atoms with E-state index in [0.29, 0.717) is 17.6 Å². The summed E-state index contributed by atoms with van der Waals surface area (Å²) in [6, 6.07) is 21.0. The summed E-state index contributed by atoms with van der Waals surface area (Å²) in [6.45, 7) is 0.502. The molecule has 0 saturated carbocycles. The molecule has 3 aromatic rings. The Morgan fingerprint density at radius 3 is 2.54 bits per heavy atom. The predicted octanol–water partition coefficient (Wildman–Crippen LogP) is 4.16. The molecule has 24 heavy (non-hydrogen) atoms. The van der Waals surface area contributed by atoms with Gasteiger partial charge in [0.1, 0.15) is 12.4 Å². The molecule has 0 unspecified atom stereocenters. The average Bonchev–Trinajstić information content (AvgIpc) is 2.63. The molecule has 0 aliphatic carbocycles. The molecule has 1 aromatic heterocycles. The lowest BCUT2D eigenvalue weighted by atomic mass is 10.2. The molecule has 0 spiro atoms. The Morgan fingerprint density at radius 1 is 0.958 bits per heavy atom. The van der Waals surface area contributed by atoms with E-state index < -0.39 is 0 Å². The highest BCUT2D eigenvalue weighted by molar-refractivity contribution is 6.29. The number of hydrogen-bond acceptors (Lipinski definition) is 5. The van der Waals surface area contributed by atoms with Crippen molar-refractivity contribution in [3.63, 3.8) is 0 Å². The zero-order chi connectivity index (χ0) is 16.6. The summed E-state index contributed by atoms with van der Waals surface area (Å²) in [5.41, 5.74) is 4.78. The minimum absolute atomic E-state index is 0.337. The van der Waals surface area contributed by atoms with Crippen LogP contribution >= 0.6 is 11.6 Å². The first-order chi connectivity index (χ1) is 11.8. The number of halogens is 1. The minimum atomic E-state index is 0.337. The molecular weight excluding hydrogens is 324 g/mol. The van der Waals surface area contributed by atoms with Crippen LogP contribution in [0.4, 0.5) is 5.82 Å². The van der Waals surface area contributed by atoms with Gasteiger partial charge in [0.2, 0.25) is 0 Å². The van der Waals surface area contributed by atoms with E-state index in [9.17, 15) is 0 Å². The first-order valence-electron chi connectivity index (χ1n) is 7.35. The third-order valence-electron chi connectivity index (χ3n) is 3.17. The Morgan fingerprint density at radius 2 is 1.75 bits per heavy atom. The maximum Gasteiger partial charge on any atom is 0.168 e. The summed E-state index contributed by atoms with van der Waals surface area (Å²) in [5, 5.41) is 12.1. The third-order valence-corrected chi connectivity index (χ3v) is 3.37. The van der Waals surface area contributed by atoms with Gasteiger partial charge in [-0.3, -0.25) is 5.43 Å². The number of nitrogens with zero attached hydrogens (tertiary/aromatic N) is 3. The molecule has 0 amide bonds. The standard InChI is InChI=1S/C18H15ClN4O/c19-17-10-11-18(23-21-17)22-20-12-15-8-4-5-9-16(15)24-13-14-6-2-1-3-7-14/h1-12H,13H2,(H,22,23)/b20-12-. The highest BCUT2D eigenvalue weighted by atomic mass is 35.5. The maximum absolute atomic E-state index is 5.88. The van der Waals surface area contributed by atoms with Crippen LogP contribution in [0.3, 0.4) is 0 Å². The van der Waals surface area contributed by atoms with Crippen molar-refractivity contribution >= 4 is 23.6 Å². The van der Waals surface area contributed by atoms with Gasteiger partial charge in [0.15, 0.2) is 11.0 Å². The number of ether oxygens (including phenoxy) is 1. The summed E-state index contributed by atoms with van der Waals surface area (Å²) in [6.07, 6.45) is 1.68. The van der Waals surface area contributed by atoms with Gasteiger partial charge >= 0.3 is 0 Å². The monoisotopic (exact) mass is 338 g/mol. The van der Waals surface area contributed by atoms with Gasteiger partial charge in [0.25, 0.3) is 0 Å². The van der Waals surface area contributed by atoms with E-state index in [1.54, 1.807) is 18.3 Å².